The minimum Gasteiger partial charge on any atom is -0.504 e. The van der Waals surface area contributed by atoms with Crippen LogP contribution in [0.3, 0.4) is 0 Å². The second kappa shape index (κ2) is 5.39. The number of hydrogen-bond acceptors (Lipinski definition) is 5. The van der Waals surface area contributed by atoms with E-state index in [1.54, 1.807) is 30.5 Å². The highest BCUT2D eigenvalue weighted by atomic mass is 16.5. The van der Waals surface area contributed by atoms with Crippen LogP contribution in [0.25, 0.3) is 11.1 Å². The summed E-state index contributed by atoms with van der Waals surface area (Å²) in [6.45, 7) is 0. The molecule has 1 N–H and O–H groups in total. The van der Waals surface area contributed by atoms with E-state index in [2.05, 4.69) is 4.98 Å². The Kier molecular flexibility index (Phi) is 3.66. The Morgan fingerprint density at radius 1 is 1.21 bits per heavy atom. The average molecular weight is 259 g/mol. The highest BCUT2D eigenvalue weighted by molar-refractivity contribution is 5.97. The fourth-order valence-corrected chi connectivity index (χ4v) is 1.81. The topological polar surface area (TPSA) is 68.7 Å². The number of phenolic OH excluding ortho intramolecular Hbond substituents is 1. The monoisotopic (exact) mass is 259 g/mol. The summed E-state index contributed by atoms with van der Waals surface area (Å²) in [6.07, 6.45) is 2.95. The van der Waals surface area contributed by atoms with E-state index in [4.69, 9.17) is 9.47 Å². The molecule has 0 radical (unpaired) electrons. The molecule has 0 bridgehead atoms. The van der Waals surface area contributed by atoms with Crippen molar-refractivity contribution in [3.63, 3.8) is 0 Å². The Hall–Kier alpha value is -2.56. The number of hydrogen-bond donors (Lipinski definition) is 1. The summed E-state index contributed by atoms with van der Waals surface area (Å²) in [7, 11) is 2.76. The molecule has 0 saturated carbocycles. The number of aromatic hydroxyl groups is 1. The van der Waals surface area contributed by atoms with Crippen LogP contribution in [0.5, 0.6) is 11.5 Å². The summed E-state index contributed by atoms with van der Waals surface area (Å²) in [5, 5.41) is 10.1. The summed E-state index contributed by atoms with van der Waals surface area (Å²) in [5.74, 6) is -0.197. The lowest BCUT2D eigenvalue weighted by Crippen LogP contribution is -2.04. The average Bonchev–Trinajstić information content (AvgIpc) is 2.47. The van der Waals surface area contributed by atoms with E-state index in [0.717, 1.165) is 0 Å². The first-order valence-corrected chi connectivity index (χ1v) is 5.57. The summed E-state index contributed by atoms with van der Waals surface area (Å²) >= 11 is 0. The SMILES string of the molecule is COC(=O)c1cnccc1-c1cccc(OC)c1O. The second-order valence-corrected chi connectivity index (χ2v) is 3.77. The van der Waals surface area contributed by atoms with E-state index in [-0.39, 0.29) is 11.3 Å². The Morgan fingerprint density at radius 3 is 2.68 bits per heavy atom. The molecule has 5 nitrogen and oxygen atoms in total. The maximum atomic E-state index is 11.7. The highest BCUT2D eigenvalue weighted by Crippen LogP contribution is 2.38. The lowest BCUT2D eigenvalue weighted by Gasteiger charge is -2.11. The molecule has 1 aromatic carbocycles. The molecule has 0 aliphatic rings. The zero-order valence-corrected chi connectivity index (χ0v) is 10.6. The Bertz CT molecular complexity index is 610. The molecular formula is C14H13NO4. The number of nitrogens with zero attached hydrogens (tertiary/aromatic N) is 1. The fraction of sp³-hybridized carbons (Fsp3) is 0.143. The molecule has 2 aromatic rings. The number of aromatic nitrogens is 1. The molecule has 0 amide bonds. The van der Waals surface area contributed by atoms with Crippen LogP contribution in [0, 0.1) is 0 Å². The van der Waals surface area contributed by atoms with Gasteiger partial charge in [0.1, 0.15) is 0 Å². The van der Waals surface area contributed by atoms with Crippen molar-refractivity contribution in [3.05, 3.63) is 42.2 Å². The molecule has 1 aromatic heterocycles. The van der Waals surface area contributed by atoms with Crippen LogP contribution in [0.4, 0.5) is 0 Å². The van der Waals surface area contributed by atoms with Gasteiger partial charge in [-0.3, -0.25) is 4.98 Å². The van der Waals surface area contributed by atoms with Crippen LogP contribution >= 0.6 is 0 Å². The Balaban J connectivity index is 2.63. The summed E-state index contributed by atoms with van der Waals surface area (Å²) in [6, 6.07) is 6.70. The number of benzene rings is 1. The lowest BCUT2D eigenvalue weighted by atomic mass is 10.0. The molecule has 5 heteroatoms. The molecular weight excluding hydrogens is 246 g/mol. The van der Waals surface area contributed by atoms with Gasteiger partial charge in [0.15, 0.2) is 11.5 Å². The van der Waals surface area contributed by atoms with Crippen molar-refractivity contribution >= 4 is 5.97 Å². The van der Waals surface area contributed by atoms with E-state index in [1.165, 1.54) is 20.4 Å². The molecule has 0 saturated heterocycles. The number of para-hydroxylation sites is 1. The van der Waals surface area contributed by atoms with Crippen molar-refractivity contribution in [3.8, 4) is 22.6 Å². The second-order valence-electron chi connectivity index (χ2n) is 3.77. The van der Waals surface area contributed by atoms with Gasteiger partial charge >= 0.3 is 5.97 Å². The predicted octanol–water partition coefficient (Wildman–Crippen LogP) is 2.25. The summed E-state index contributed by atoms with van der Waals surface area (Å²) in [4.78, 5) is 15.6. The quantitative estimate of drug-likeness (QED) is 0.856. The van der Waals surface area contributed by atoms with Gasteiger partial charge in [-0.05, 0) is 12.1 Å². The van der Waals surface area contributed by atoms with Crippen LogP contribution in [0.1, 0.15) is 10.4 Å². The zero-order chi connectivity index (χ0) is 13.8. The van der Waals surface area contributed by atoms with Gasteiger partial charge in [0.25, 0.3) is 0 Å². The normalized spacial score (nSPS) is 10.0. The largest absolute Gasteiger partial charge is 0.504 e. The van der Waals surface area contributed by atoms with Crippen molar-refractivity contribution in [1.29, 1.82) is 0 Å². The molecule has 0 unspecified atom stereocenters. The fourth-order valence-electron chi connectivity index (χ4n) is 1.81. The zero-order valence-electron chi connectivity index (χ0n) is 10.6. The third-order valence-corrected chi connectivity index (χ3v) is 2.74. The van der Waals surface area contributed by atoms with E-state index >= 15 is 0 Å². The Morgan fingerprint density at radius 2 is 2.00 bits per heavy atom. The minimum atomic E-state index is -0.509. The standard InChI is InChI=1S/C14H13NO4/c1-18-12-5-3-4-10(13(12)16)9-6-7-15-8-11(9)14(17)19-2/h3-8,16H,1-2H3. The van der Waals surface area contributed by atoms with Gasteiger partial charge in [-0.2, -0.15) is 0 Å². The van der Waals surface area contributed by atoms with Crippen LogP contribution in [-0.4, -0.2) is 30.3 Å². The van der Waals surface area contributed by atoms with Crippen molar-refractivity contribution in [2.24, 2.45) is 0 Å². The first-order valence-electron chi connectivity index (χ1n) is 5.57. The van der Waals surface area contributed by atoms with Crippen molar-refractivity contribution in [1.82, 2.24) is 4.98 Å². The van der Waals surface area contributed by atoms with Gasteiger partial charge in [-0.25, -0.2) is 4.79 Å². The third-order valence-electron chi connectivity index (χ3n) is 2.74. The molecule has 0 fully saturated rings. The van der Waals surface area contributed by atoms with Crippen LogP contribution in [0.2, 0.25) is 0 Å². The number of methoxy groups -OCH3 is 2. The number of ether oxygens (including phenoxy) is 2. The van der Waals surface area contributed by atoms with Gasteiger partial charge < -0.3 is 14.6 Å². The number of pyridine rings is 1. The molecule has 0 aliphatic heterocycles. The van der Waals surface area contributed by atoms with Crippen LogP contribution in [0.15, 0.2) is 36.7 Å². The number of carbonyl (C=O) groups excluding carboxylic acids is 1. The molecule has 1 heterocycles. The number of phenols is 1. The van der Waals surface area contributed by atoms with Crippen LogP contribution < -0.4 is 4.74 Å². The van der Waals surface area contributed by atoms with Crippen molar-refractivity contribution < 1.29 is 19.4 Å². The summed E-state index contributed by atoms with van der Waals surface area (Å²) < 4.78 is 9.76. The first-order chi connectivity index (χ1) is 9.19. The molecule has 0 spiro atoms. The highest BCUT2D eigenvalue weighted by Gasteiger charge is 2.17. The maximum absolute atomic E-state index is 11.7. The van der Waals surface area contributed by atoms with Gasteiger partial charge in [0, 0.05) is 23.5 Å². The van der Waals surface area contributed by atoms with E-state index in [1.807, 2.05) is 0 Å². The van der Waals surface area contributed by atoms with Gasteiger partial charge in [-0.15, -0.1) is 0 Å². The summed E-state index contributed by atoms with van der Waals surface area (Å²) in [5.41, 5.74) is 1.31. The third kappa shape index (κ3) is 2.35. The molecule has 0 aliphatic carbocycles. The van der Waals surface area contributed by atoms with Crippen molar-refractivity contribution in [2.45, 2.75) is 0 Å². The van der Waals surface area contributed by atoms with Crippen LogP contribution in [-0.2, 0) is 4.74 Å². The molecule has 98 valence electrons. The van der Waals surface area contributed by atoms with Gasteiger partial charge in [0.05, 0.1) is 19.8 Å². The lowest BCUT2D eigenvalue weighted by molar-refractivity contribution is 0.0601. The Labute approximate surface area is 110 Å². The van der Waals surface area contributed by atoms with E-state index < -0.39 is 5.97 Å². The molecule has 2 rings (SSSR count). The predicted molar refractivity (Wildman–Crippen MR) is 69.2 cm³/mol. The maximum Gasteiger partial charge on any atom is 0.340 e. The molecule has 0 atom stereocenters. The minimum absolute atomic E-state index is 0.0265. The number of rotatable bonds is 3. The van der Waals surface area contributed by atoms with E-state index in [0.29, 0.717) is 16.9 Å². The van der Waals surface area contributed by atoms with E-state index in [9.17, 15) is 9.90 Å². The van der Waals surface area contributed by atoms with Gasteiger partial charge in [0.2, 0.25) is 0 Å². The smallest absolute Gasteiger partial charge is 0.340 e. The molecule has 19 heavy (non-hydrogen) atoms. The number of carbonyl (C=O) groups is 1. The number of esters is 1. The first kappa shape index (κ1) is 12.9. The van der Waals surface area contributed by atoms with Gasteiger partial charge in [-0.1, -0.05) is 12.1 Å². The van der Waals surface area contributed by atoms with Crippen molar-refractivity contribution in [2.75, 3.05) is 14.2 Å².